The molecular weight excluding hydrogens is 223 g/mol. The van der Waals surface area contributed by atoms with Crippen molar-refractivity contribution in [2.75, 3.05) is 5.88 Å². The predicted molar refractivity (Wildman–Crippen MR) is 56.0 cm³/mol. The number of rotatable bonds is 1. The Hall–Kier alpha value is -1.17. The Morgan fingerprint density at radius 3 is 2.71 bits per heavy atom. The minimum Gasteiger partial charge on any atom is -0.478 e. The van der Waals surface area contributed by atoms with Crippen molar-refractivity contribution in [3.8, 4) is 11.8 Å². The van der Waals surface area contributed by atoms with Gasteiger partial charge >= 0.3 is 5.97 Å². The van der Waals surface area contributed by atoms with Crippen molar-refractivity contribution < 1.29 is 9.90 Å². The molecule has 4 heteroatoms. The van der Waals surface area contributed by atoms with E-state index in [1.54, 1.807) is 6.07 Å². The fraction of sp³-hybridized carbons (Fsp3) is 0.100. The molecule has 14 heavy (non-hydrogen) atoms. The fourth-order valence-corrected chi connectivity index (χ4v) is 1.17. The van der Waals surface area contributed by atoms with Crippen LogP contribution in [-0.4, -0.2) is 17.0 Å². The van der Waals surface area contributed by atoms with Crippen LogP contribution in [0.15, 0.2) is 18.2 Å². The zero-order valence-corrected chi connectivity index (χ0v) is 8.56. The van der Waals surface area contributed by atoms with Crippen molar-refractivity contribution in [2.24, 2.45) is 0 Å². The van der Waals surface area contributed by atoms with Crippen molar-refractivity contribution in [3.63, 3.8) is 0 Å². The Balaban J connectivity index is 3.07. The summed E-state index contributed by atoms with van der Waals surface area (Å²) in [5, 5.41) is 8.98. The molecular formula is C10H6Cl2O2. The van der Waals surface area contributed by atoms with E-state index in [-0.39, 0.29) is 11.4 Å². The minimum atomic E-state index is -1.01. The Morgan fingerprint density at radius 1 is 1.50 bits per heavy atom. The van der Waals surface area contributed by atoms with Crippen LogP contribution in [0, 0.1) is 11.8 Å². The first-order valence-corrected chi connectivity index (χ1v) is 4.64. The highest BCUT2D eigenvalue weighted by Gasteiger charge is 2.04. The van der Waals surface area contributed by atoms with Crippen LogP contribution in [0.3, 0.4) is 0 Å². The maximum Gasteiger partial charge on any atom is 0.335 e. The van der Waals surface area contributed by atoms with E-state index in [1.807, 2.05) is 0 Å². The quantitative estimate of drug-likeness (QED) is 0.593. The second-order valence-corrected chi connectivity index (χ2v) is 3.11. The van der Waals surface area contributed by atoms with Gasteiger partial charge in [-0.15, -0.1) is 11.6 Å². The zero-order valence-electron chi connectivity index (χ0n) is 7.05. The molecule has 0 aliphatic heterocycles. The van der Waals surface area contributed by atoms with E-state index < -0.39 is 5.97 Å². The highest BCUT2D eigenvalue weighted by molar-refractivity contribution is 6.32. The van der Waals surface area contributed by atoms with Crippen LogP contribution >= 0.6 is 23.2 Å². The summed E-state index contributed by atoms with van der Waals surface area (Å²) in [5.41, 5.74) is 0.726. The molecule has 0 heterocycles. The SMILES string of the molecule is O=C(O)c1ccc(C#CCCl)c(Cl)c1. The van der Waals surface area contributed by atoms with E-state index in [0.717, 1.165) is 0 Å². The topological polar surface area (TPSA) is 37.3 Å². The summed E-state index contributed by atoms with van der Waals surface area (Å²) in [6.07, 6.45) is 0. The Morgan fingerprint density at radius 2 is 2.21 bits per heavy atom. The van der Waals surface area contributed by atoms with Crippen LogP contribution < -0.4 is 0 Å². The molecule has 0 aliphatic carbocycles. The number of carbonyl (C=O) groups is 1. The molecule has 1 aromatic carbocycles. The molecule has 0 fully saturated rings. The molecule has 0 amide bonds. The minimum absolute atomic E-state index is 0.145. The van der Waals surface area contributed by atoms with Gasteiger partial charge in [0.25, 0.3) is 0 Å². The molecule has 0 saturated carbocycles. The molecule has 0 spiro atoms. The molecule has 0 unspecified atom stereocenters. The van der Waals surface area contributed by atoms with E-state index in [1.165, 1.54) is 12.1 Å². The summed E-state index contributed by atoms with van der Waals surface area (Å²) in [6, 6.07) is 4.37. The number of hydrogen-bond acceptors (Lipinski definition) is 1. The number of halogens is 2. The highest BCUT2D eigenvalue weighted by atomic mass is 35.5. The van der Waals surface area contributed by atoms with Gasteiger partial charge in [-0.05, 0) is 18.2 Å². The van der Waals surface area contributed by atoms with Gasteiger partial charge in [0.05, 0.1) is 16.5 Å². The standard InChI is InChI=1S/C10H6Cl2O2/c11-5-1-2-7-3-4-8(10(13)14)6-9(7)12/h3-4,6H,5H2,(H,13,14). The second-order valence-electron chi connectivity index (χ2n) is 2.44. The number of alkyl halides is 1. The van der Waals surface area contributed by atoms with Crippen LogP contribution in [0.5, 0.6) is 0 Å². The van der Waals surface area contributed by atoms with E-state index in [2.05, 4.69) is 11.8 Å². The molecule has 1 aromatic rings. The monoisotopic (exact) mass is 228 g/mol. The van der Waals surface area contributed by atoms with Gasteiger partial charge in [-0.1, -0.05) is 23.4 Å². The van der Waals surface area contributed by atoms with Crippen molar-refractivity contribution in [2.45, 2.75) is 0 Å². The van der Waals surface area contributed by atoms with Crippen molar-refractivity contribution >= 4 is 29.2 Å². The molecule has 2 nitrogen and oxygen atoms in total. The Labute approximate surface area is 91.5 Å². The molecule has 0 radical (unpaired) electrons. The first-order chi connectivity index (χ1) is 6.65. The molecule has 0 saturated heterocycles. The molecule has 0 atom stereocenters. The van der Waals surface area contributed by atoms with E-state index in [4.69, 9.17) is 28.3 Å². The number of carboxylic acids is 1. The summed E-state index contributed by atoms with van der Waals surface area (Å²) in [6.45, 7) is 0. The summed E-state index contributed by atoms with van der Waals surface area (Å²) in [7, 11) is 0. The molecule has 1 N–H and O–H groups in total. The third-order valence-corrected chi connectivity index (χ3v) is 1.95. The first kappa shape index (κ1) is 10.9. The van der Waals surface area contributed by atoms with Gasteiger partial charge in [-0.3, -0.25) is 0 Å². The zero-order chi connectivity index (χ0) is 10.6. The van der Waals surface area contributed by atoms with Crippen LogP contribution in [0.4, 0.5) is 0 Å². The van der Waals surface area contributed by atoms with Crippen molar-refractivity contribution in [3.05, 3.63) is 34.3 Å². The lowest BCUT2D eigenvalue weighted by Crippen LogP contribution is -1.95. The van der Waals surface area contributed by atoms with Gasteiger partial charge in [0.1, 0.15) is 0 Å². The number of hydrogen-bond donors (Lipinski definition) is 1. The van der Waals surface area contributed by atoms with Crippen molar-refractivity contribution in [1.29, 1.82) is 0 Å². The van der Waals surface area contributed by atoms with Gasteiger partial charge in [0.2, 0.25) is 0 Å². The molecule has 1 rings (SSSR count). The lowest BCUT2D eigenvalue weighted by atomic mass is 10.1. The summed E-state index contributed by atoms with van der Waals surface area (Å²) in [5.74, 6) is 4.57. The van der Waals surface area contributed by atoms with Gasteiger partial charge in [-0.2, -0.15) is 0 Å². The van der Waals surface area contributed by atoms with Gasteiger partial charge < -0.3 is 5.11 Å². The van der Waals surface area contributed by atoms with Crippen molar-refractivity contribution in [1.82, 2.24) is 0 Å². The summed E-state index contributed by atoms with van der Waals surface area (Å²) >= 11 is 11.2. The molecule has 0 aliphatic rings. The Kier molecular flexibility index (Phi) is 3.82. The average molecular weight is 229 g/mol. The Bertz CT molecular complexity index is 416. The number of aromatic carboxylic acids is 1. The van der Waals surface area contributed by atoms with Crippen LogP contribution in [-0.2, 0) is 0 Å². The van der Waals surface area contributed by atoms with E-state index >= 15 is 0 Å². The van der Waals surface area contributed by atoms with Gasteiger partial charge in [0, 0.05) is 5.56 Å². The highest BCUT2D eigenvalue weighted by Crippen LogP contribution is 2.16. The largest absolute Gasteiger partial charge is 0.478 e. The summed E-state index contributed by atoms with van der Waals surface area (Å²) < 4.78 is 0. The van der Waals surface area contributed by atoms with E-state index in [9.17, 15) is 4.79 Å². The van der Waals surface area contributed by atoms with Gasteiger partial charge in [-0.25, -0.2) is 4.79 Å². The van der Waals surface area contributed by atoms with Crippen LogP contribution in [0.1, 0.15) is 15.9 Å². The number of carboxylic acid groups (broad SMARTS) is 1. The third-order valence-electron chi connectivity index (χ3n) is 1.51. The lowest BCUT2D eigenvalue weighted by Gasteiger charge is -1.97. The molecule has 72 valence electrons. The maximum absolute atomic E-state index is 10.6. The smallest absolute Gasteiger partial charge is 0.335 e. The third kappa shape index (κ3) is 2.66. The molecule has 0 aromatic heterocycles. The van der Waals surface area contributed by atoms with E-state index in [0.29, 0.717) is 10.6 Å². The number of benzene rings is 1. The maximum atomic E-state index is 10.6. The lowest BCUT2D eigenvalue weighted by molar-refractivity contribution is 0.0697. The average Bonchev–Trinajstić information content (AvgIpc) is 2.15. The fourth-order valence-electron chi connectivity index (χ4n) is 0.878. The normalized spacial score (nSPS) is 9.00. The second kappa shape index (κ2) is 4.90. The van der Waals surface area contributed by atoms with Crippen LogP contribution in [0.2, 0.25) is 5.02 Å². The van der Waals surface area contributed by atoms with Gasteiger partial charge in [0.15, 0.2) is 0 Å². The summed E-state index contributed by atoms with van der Waals surface area (Å²) in [4.78, 5) is 10.6. The molecule has 0 bridgehead atoms. The van der Waals surface area contributed by atoms with Crippen LogP contribution in [0.25, 0.3) is 0 Å². The predicted octanol–water partition coefficient (Wildman–Crippen LogP) is 2.63. The first-order valence-electron chi connectivity index (χ1n) is 3.73.